The number of anilines is 1. The number of hydrogen-bond donors (Lipinski definition) is 4. The summed E-state index contributed by atoms with van der Waals surface area (Å²) in [5.74, 6) is -4.59. The fraction of sp³-hybridized carbons (Fsp3) is 0.517. The molecule has 43 heavy (non-hydrogen) atoms. The Labute approximate surface area is 249 Å². The highest BCUT2D eigenvalue weighted by Gasteiger charge is 2.42. The summed E-state index contributed by atoms with van der Waals surface area (Å²) in [6.45, 7) is 8.91. The Balaban J connectivity index is 1.72. The van der Waals surface area contributed by atoms with Gasteiger partial charge in [-0.05, 0) is 30.9 Å². The Morgan fingerprint density at radius 2 is 1.84 bits per heavy atom. The molecule has 0 spiro atoms. The zero-order chi connectivity index (χ0) is 31.3. The smallest absolute Gasteiger partial charge is 0.356 e. The van der Waals surface area contributed by atoms with E-state index in [-0.39, 0.29) is 47.3 Å². The van der Waals surface area contributed by atoms with Crippen molar-refractivity contribution in [1.82, 2.24) is 25.7 Å². The number of carboxylic acids is 2. The van der Waals surface area contributed by atoms with Gasteiger partial charge in [-0.2, -0.15) is 5.12 Å². The van der Waals surface area contributed by atoms with Crippen LogP contribution in [-0.2, 0) is 23.9 Å². The second-order valence-electron chi connectivity index (χ2n) is 11.1. The Hall–Kier alpha value is -4.17. The summed E-state index contributed by atoms with van der Waals surface area (Å²) in [4.78, 5) is 54.9. The third kappa shape index (κ3) is 7.08. The molecule has 4 rings (SSSR count). The first-order chi connectivity index (χ1) is 20.5. The Morgan fingerprint density at radius 3 is 2.44 bits per heavy atom. The average molecular weight is 603 g/mol. The number of carbonyl (C=O) groups excluding carboxylic acids is 2. The number of ether oxygens (including phenoxy) is 1. The van der Waals surface area contributed by atoms with Crippen LogP contribution in [0.5, 0.6) is 0 Å². The van der Waals surface area contributed by atoms with Crippen molar-refractivity contribution >= 4 is 29.4 Å². The number of carbonyl (C=O) groups is 4. The second-order valence-corrected chi connectivity index (χ2v) is 11.1. The van der Waals surface area contributed by atoms with Gasteiger partial charge in [0.25, 0.3) is 5.91 Å². The molecule has 14 heteroatoms. The van der Waals surface area contributed by atoms with Crippen LogP contribution in [0.3, 0.4) is 0 Å². The minimum absolute atomic E-state index is 0.00621. The SMILES string of the molecule is CCC1=C(C(=O)N(CC(C)C)[C@@H]2CNC[C@H](C(=O)N3CCOCC3)C2)NN(/C(=C/C(=O)O)C(=O)O)N1c1ccccc1F. The van der Waals surface area contributed by atoms with Crippen molar-refractivity contribution in [1.29, 1.82) is 0 Å². The van der Waals surface area contributed by atoms with Crippen LogP contribution in [-0.4, -0.2) is 101 Å². The topological polar surface area (TPSA) is 155 Å². The van der Waals surface area contributed by atoms with Crippen LogP contribution in [0.25, 0.3) is 0 Å². The third-order valence-electron chi connectivity index (χ3n) is 7.56. The lowest BCUT2D eigenvalue weighted by molar-refractivity contribution is -0.142. The molecule has 4 N–H and O–H groups in total. The molecule has 1 aromatic rings. The molecule has 0 unspecified atom stereocenters. The van der Waals surface area contributed by atoms with Crippen LogP contribution in [0.2, 0.25) is 0 Å². The van der Waals surface area contributed by atoms with E-state index in [0.717, 1.165) is 5.12 Å². The van der Waals surface area contributed by atoms with E-state index in [4.69, 9.17) is 4.74 Å². The predicted octanol–water partition coefficient (Wildman–Crippen LogP) is 1.36. The van der Waals surface area contributed by atoms with Gasteiger partial charge in [0.15, 0.2) is 5.70 Å². The normalized spacial score (nSPS) is 21.2. The maximum absolute atomic E-state index is 15.1. The van der Waals surface area contributed by atoms with Crippen molar-refractivity contribution in [2.24, 2.45) is 11.8 Å². The van der Waals surface area contributed by atoms with Gasteiger partial charge in [0.05, 0.1) is 30.9 Å². The van der Waals surface area contributed by atoms with Gasteiger partial charge in [0.2, 0.25) is 5.91 Å². The lowest BCUT2D eigenvalue weighted by Gasteiger charge is -2.40. The van der Waals surface area contributed by atoms with Crippen molar-refractivity contribution in [3.05, 3.63) is 53.2 Å². The third-order valence-corrected chi connectivity index (χ3v) is 7.56. The van der Waals surface area contributed by atoms with Gasteiger partial charge in [-0.3, -0.25) is 15.0 Å². The van der Waals surface area contributed by atoms with E-state index >= 15 is 4.39 Å². The fourth-order valence-corrected chi connectivity index (χ4v) is 5.64. The van der Waals surface area contributed by atoms with Crippen LogP contribution < -0.4 is 15.8 Å². The predicted molar refractivity (Wildman–Crippen MR) is 153 cm³/mol. The summed E-state index contributed by atoms with van der Waals surface area (Å²) in [5, 5.41) is 24.7. The summed E-state index contributed by atoms with van der Waals surface area (Å²) in [6, 6.07) is 5.25. The molecule has 2 saturated heterocycles. The highest BCUT2D eigenvalue weighted by molar-refractivity contribution is 5.98. The van der Waals surface area contributed by atoms with Crippen molar-refractivity contribution < 1.29 is 38.5 Å². The number of halogens is 1. The number of amides is 2. The van der Waals surface area contributed by atoms with E-state index in [2.05, 4.69) is 10.7 Å². The molecule has 0 aromatic heterocycles. The molecule has 234 valence electrons. The van der Waals surface area contributed by atoms with Crippen LogP contribution in [0.15, 0.2) is 47.4 Å². The maximum atomic E-state index is 15.1. The highest BCUT2D eigenvalue weighted by Crippen LogP contribution is 2.34. The number of aliphatic carboxylic acids is 2. The Bertz CT molecular complexity index is 1300. The van der Waals surface area contributed by atoms with E-state index in [1.807, 2.05) is 13.8 Å². The van der Waals surface area contributed by atoms with Gasteiger partial charge >= 0.3 is 11.9 Å². The number of allylic oxidation sites excluding steroid dienone is 1. The van der Waals surface area contributed by atoms with Gasteiger partial charge in [-0.25, -0.2) is 19.0 Å². The maximum Gasteiger partial charge on any atom is 0.356 e. The van der Waals surface area contributed by atoms with Crippen molar-refractivity contribution in [3.8, 4) is 0 Å². The van der Waals surface area contributed by atoms with Crippen molar-refractivity contribution in [2.45, 2.75) is 39.7 Å². The molecular weight excluding hydrogens is 563 g/mol. The van der Waals surface area contributed by atoms with Crippen LogP contribution in [0.1, 0.15) is 33.6 Å². The van der Waals surface area contributed by atoms with Gasteiger partial charge in [-0.1, -0.05) is 32.9 Å². The molecule has 2 fully saturated rings. The number of nitrogens with zero attached hydrogens (tertiary/aromatic N) is 4. The van der Waals surface area contributed by atoms with Crippen LogP contribution in [0, 0.1) is 17.7 Å². The molecule has 13 nitrogen and oxygen atoms in total. The summed E-state index contributed by atoms with van der Waals surface area (Å²) >= 11 is 0. The Kier molecular flexibility index (Phi) is 10.2. The average Bonchev–Trinajstić information content (AvgIpc) is 3.37. The number of hydrogen-bond acceptors (Lipinski definition) is 9. The molecule has 0 bridgehead atoms. The number of morpholine rings is 1. The van der Waals surface area contributed by atoms with E-state index in [0.29, 0.717) is 58.4 Å². The zero-order valence-electron chi connectivity index (χ0n) is 24.6. The molecule has 2 atom stereocenters. The first kappa shape index (κ1) is 31.8. The number of hydrazine groups is 2. The van der Waals surface area contributed by atoms with Gasteiger partial charge < -0.3 is 30.1 Å². The van der Waals surface area contributed by atoms with Crippen LogP contribution in [0.4, 0.5) is 10.1 Å². The number of rotatable bonds is 10. The molecule has 3 heterocycles. The minimum atomic E-state index is -1.60. The van der Waals surface area contributed by atoms with E-state index in [1.165, 1.54) is 23.2 Å². The number of carboxylic acid groups (broad SMARTS) is 2. The summed E-state index contributed by atoms with van der Waals surface area (Å²) < 4.78 is 20.5. The van der Waals surface area contributed by atoms with Gasteiger partial charge in [0, 0.05) is 38.8 Å². The molecule has 0 saturated carbocycles. The number of benzene rings is 1. The number of para-hydroxylation sites is 1. The number of piperidine rings is 1. The first-order valence-corrected chi connectivity index (χ1v) is 14.4. The molecular formula is C29H39FN6O7. The van der Waals surface area contributed by atoms with E-state index < -0.39 is 29.4 Å². The molecule has 3 aliphatic heterocycles. The second kappa shape index (κ2) is 13.9. The van der Waals surface area contributed by atoms with Gasteiger partial charge in [-0.15, -0.1) is 0 Å². The minimum Gasteiger partial charge on any atom is -0.478 e. The highest BCUT2D eigenvalue weighted by atomic mass is 19.1. The zero-order valence-corrected chi connectivity index (χ0v) is 24.6. The van der Waals surface area contributed by atoms with Crippen molar-refractivity contribution in [2.75, 3.05) is 50.9 Å². The first-order valence-electron chi connectivity index (χ1n) is 14.4. The molecule has 1 aromatic carbocycles. The van der Waals surface area contributed by atoms with Crippen LogP contribution >= 0.6 is 0 Å². The molecule has 2 amide bonds. The lowest BCUT2D eigenvalue weighted by Crippen LogP contribution is -2.56. The molecule has 0 radical (unpaired) electrons. The lowest BCUT2D eigenvalue weighted by atomic mass is 9.92. The van der Waals surface area contributed by atoms with Gasteiger partial charge in [0.1, 0.15) is 17.2 Å². The Morgan fingerprint density at radius 1 is 1.14 bits per heavy atom. The number of nitrogens with one attached hydrogen (secondary N) is 2. The summed E-state index contributed by atoms with van der Waals surface area (Å²) in [5.41, 5.74) is 2.24. The summed E-state index contributed by atoms with van der Waals surface area (Å²) in [7, 11) is 0. The van der Waals surface area contributed by atoms with Crippen molar-refractivity contribution in [3.63, 3.8) is 0 Å². The monoisotopic (exact) mass is 602 g/mol. The molecule has 0 aliphatic carbocycles. The van der Waals surface area contributed by atoms with E-state index in [1.54, 1.807) is 22.8 Å². The largest absolute Gasteiger partial charge is 0.478 e. The fourth-order valence-electron chi connectivity index (χ4n) is 5.64. The molecule has 3 aliphatic rings. The standard InChI is InChI=1S/C29H39FN6O7/c1-4-22-26(32-36(24(29(41)42)14-25(37)38)35(22)23-8-6-5-7-21(23)30)28(40)34(17-18(2)3)20-13-19(15-31-16-20)27(39)33-9-11-43-12-10-33/h5-8,14,18-20,31-32H,4,9-13,15-17H2,1-3H3,(H,37,38)(H,41,42)/b24-14+/t19-,20+/m1/s1. The quantitative estimate of drug-likeness (QED) is 0.287. The summed E-state index contributed by atoms with van der Waals surface area (Å²) in [6.07, 6.45) is 1.08. The van der Waals surface area contributed by atoms with E-state index in [9.17, 15) is 29.4 Å².